The molecule has 0 aliphatic carbocycles. The van der Waals surface area contributed by atoms with E-state index in [0.717, 1.165) is 16.7 Å². The molecule has 2 aromatic carbocycles. The molecule has 19 heavy (non-hydrogen) atoms. The molecular formula is C15H16ClFN2. The monoisotopic (exact) mass is 278 g/mol. The Bertz CT molecular complexity index is 599. The molecule has 0 heterocycles. The fourth-order valence-electron chi connectivity index (χ4n) is 2.23. The molecule has 0 aliphatic rings. The Morgan fingerprint density at radius 3 is 2.47 bits per heavy atom. The first-order chi connectivity index (χ1) is 9.02. The van der Waals surface area contributed by atoms with E-state index >= 15 is 0 Å². The van der Waals surface area contributed by atoms with Crippen LogP contribution in [-0.4, -0.2) is 0 Å². The number of nitrogens with two attached hydrogens (primary N) is 1. The smallest absolute Gasteiger partial charge is 0.128 e. The second-order valence-corrected chi connectivity index (χ2v) is 5.06. The number of hydrogen-bond acceptors (Lipinski definition) is 2. The molecule has 0 amide bonds. The standard InChI is InChI=1S/C15H16ClFN2/c1-9-3-5-12(10(2)7-9)15(19-18)13-8-11(16)4-6-14(13)17/h3-8,15,19H,18H2,1-2H3. The molecule has 1 atom stereocenters. The average Bonchev–Trinajstić information content (AvgIpc) is 2.36. The number of hydrazine groups is 1. The van der Waals surface area contributed by atoms with Crippen LogP contribution in [0.2, 0.25) is 5.02 Å². The number of benzene rings is 2. The van der Waals surface area contributed by atoms with Gasteiger partial charge in [0.1, 0.15) is 5.82 Å². The number of nitrogens with one attached hydrogen (secondary N) is 1. The van der Waals surface area contributed by atoms with E-state index in [0.29, 0.717) is 10.6 Å². The SMILES string of the molecule is Cc1ccc(C(NN)c2cc(Cl)ccc2F)c(C)c1. The molecule has 2 rings (SSSR count). The summed E-state index contributed by atoms with van der Waals surface area (Å²) >= 11 is 5.94. The van der Waals surface area contributed by atoms with Crippen molar-refractivity contribution in [2.75, 3.05) is 0 Å². The van der Waals surface area contributed by atoms with Crippen molar-refractivity contribution in [2.45, 2.75) is 19.9 Å². The van der Waals surface area contributed by atoms with Gasteiger partial charge < -0.3 is 0 Å². The third kappa shape index (κ3) is 2.95. The molecule has 0 fully saturated rings. The van der Waals surface area contributed by atoms with E-state index in [1.54, 1.807) is 6.07 Å². The van der Waals surface area contributed by atoms with Crippen molar-refractivity contribution in [1.82, 2.24) is 5.43 Å². The first kappa shape index (κ1) is 14.0. The van der Waals surface area contributed by atoms with Crippen LogP contribution in [0.15, 0.2) is 36.4 Å². The number of hydrogen-bond donors (Lipinski definition) is 2. The summed E-state index contributed by atoms with van der Waals surface area (Å²) in [6.45, 7) is 4.00. The predicted molar refractivity (Wildman–Crippen MR) is 76.5 cm³/mol. The molecule has 1 unspecified atom stereocenters. The quantitative estimate of drug-likeness (QED) is 0.664. The van der Waals surface area contributed by atoms with Crippen LogP contribution in [0.1, 0.15) is 28.3 Å². The Hall–Kier alpha value is -1.42. The molecule has 2 nitrogen and oxygen atoms in total. The first-order valence-corrected chi connectivity index (χ1v) is 6.39. The number of rotatable bonds is 3. The van der Waals surface area contributed by atoms with Gasteiger partial charge in [-0.25, -0.2) is 9.82 Å². The molecule has 0 radical (unpaired) electrons. The fourth-order valence-corrected chi connectivity index (χ4v) is 2.41. The van der Waals surface area contributed by atoms with Crippen molar-refractivity contribution in [3.63, 3.8) is 0 Å². The highest BCUT2D eigenvalue weighted by Crippen LogP contribution is 2.28. The maximum atomic E-state index is 13.9. The van der Waals surface area contributed by atoms with Crippen molar-refractivity contribution in [1.29, 1.82) is 0 Å². The molecular weight excluding hydrogens is 263 g/mol. The van der Waals surface area contributed by atoms with Gasteiger partial charge in [0.25, 0.3) is 0 Å². The van der Waals surface area contributed by atoms with Gasteiger partial charge in [0.05, 0.1) is 6.04 Å². The highest BCUT2D eigenvalue weighted by Gasteiger charge is 2.18. The summed E-state index contributed by atoms with van der Waals surface area (Å²) in [4.78, 5) is 0. The molecule has 0 spiro atoms. The zero-order valence-electron chi connectivity index (χ0n) is 10.9. The van der Waals surface area contributed by atoms with E-state index in [1.165, 1.54) is 12.1 Å². The fraction of sp³-hybridized carbons (Fsp3) is 0.200. The third-order valence-corrected chi connectivity index (χ3v) is 3.41. The molecule has 3 N–H and O–H groups in total. The van der Waals surface area contributed by atoms with E-state index in [-0.39, 0.29) is 5.82 Å². The molecule has 0 aliphatic heterocycles. The molecule has 0 bridgehead atoms. The van der Waals surface area contributed by atoms with Gasteiger partial charge in [0, 0.05) is 10.6 Å². The summed E-state index contributed by atoms with van der Waals surface area (Å²) in [7, 11) is 0. The van der Waals surface area contributed by atoms with Gasteiger partial charge in [-0.15, -0.1) is 0 Å². The summed E-state index contributed by atoms with van der Waals surface area (Å²) in [6.07, 6.45) is 0. The van der Waals surface area contributed by atoms with E-state index in [9.17, 15) is 4.39 Å². The van der Waals surface area contributed by atoms with Crippen LogP contribution in [0.25, 0.3) is 0 Å². The minimum Gasteiger partial charge on any atom is -0.271 e. The Morgan fingerprint density at radius 1 is 1.11 bits per heavy atom. The van der Waals surface area contributed by atoms with Crippen LogP contribution in [0, 0.1) is 19.7 Å². The van der Waals surface area contributed by atoms with E-state index in [2.05, 4.69) is 5.43 Å². The van der Waals surface area contributed by atoms with Crippen molar-refractivity contribution >= 4 is 11.6 Å². The van der Waals surface area contributed by atoms with Gasteiger partial charge in [0.2, 0.25) is 0 Å². The van der Waals surface area contributed by atoms with Crippen LogP contribution < -0.4 is 11.3 Å². The Morgan fingerprint density at radius 2 is 1.84 bits per heavy atom. The van der Waals surface area contributed by atoms with Crippen molar-refractivity contribution < 1.29 is 4.39 Å². The summed E-state index contributed by atoms with van der Waals surface area (Å²) in [5.41, 5.74) is 6.26. The minimum atomic E-state index is -0.417. The van der Waals surface area contributed by atoms with Crippen LogP contribution in [0.4, 0.5) is 4.39 Å². The molecule has 0 aromatic heterocycles. The molecule has 2 aromatic rings. The maximum absolute atomic E-state index is 13.9. The maximum Gasteiger partial charge on any atom is 0.128 e. The summed E-state index contributed by atoms with van der Waals surface area (Å²) in [5.74, 6) is 5.28. The lowest BCUT2D eigenvalue weighted by atomic mass is 9.94. The second-order valence-electron chi connectivity index (χ2n) is 4.63. The average molecular weight is 279 g/mol. The van der Waals surface area contributed by atoms with E-state index in [1.807, 2.05) is 32.0 Å². The van der Waals surface area contributed by atoms with Gasteiger partial charge in [0.15, 0.2) is 0 Å². The highest BCUT2D eigenvalue weighted by atomic mass is 35.5. The van der Waals surface area contributed by atoms with E-state index in [4.69, 9.17) is 17.4 Å². The van der Waals surface area contributed by atoms with Gasteiger partial charge in [-0.3, -0.25) is 5.84 Å². The summed E-state index contributed by atoms with van der Waals surface area (Å²) in [5, 5.41) is 0.487. The minimum absolute atomic E-state index is 0.327. The molecule has 4 heteroatoms. The first-order valence-electron chi connectivity index (χ1n) is 6.01. The zero-order chi connectivity index (χ0) is 14.0. The van der Waals surface area contributed by atoms with Gasteiger partial charge in [-0.2, -0.15) is 0 Å². The topological polar surface area (TPSA) is 38.0 Å². The molecule has 100 valence electrons. The van der Waals surface area contributed by atoms with E-state index < -0.39 is 6.04 Å². The molecule has 0 saturated carbocycles. The van der Waals surface area contributed by atoms with Crippen LogP contribution in [0.3, 0.4) is 0 Å². The number of aryl methyl sites for hydroxylation is 2. The third-order valence-electron chi connectivity index (χ3n) is 3.17. The lowest BCUT2D eigenvalue weighted by molar-refractivity contribution is 0.559. The Labute approximate surface area is 117 Å². The predicted octanol–water partition coefficient (Wildman–Crippen LogP) is 3.65. The lowest BCUT2D eigenvalue weighted by Gasteiger charge is -2.20. The molecule has 0 saturated heterocycles. The second kappa shape index (κ2) is 5.70. The van der Waals surface area contributed by atoms with Gasteiger partial charge in [-0.1, -0.05) is 35.4 Å². The van der Waals surface area contributed by atoms with Gasteiger partial charge in [-0.05, 0) is 43.2 Å². The van der Waals surface area contributed by atoms with Crippen LogP contribution in [0.5, 0.6) is 0 Å². The Kier molecular flexibility index (Phi) is 4.20. The van der Waals surface area contributed by atoms with Crippen molar-refractivity contribution in [3.8, 4) is 0 Å². The van der Waals surface area contributed by atoms with Crippen LogP contribution in [-0.2, 0) is 0 Å². The highest BCUT2D eigenvalue weighted by molar-refractivity contribution is 6.30. The van der Waals surface area contributed by atoms with Crippen molar-refractivity contribution in [3.05, 3.63) is 69.5 Å². The van der Waals surface area contributed by atoms with Crippen LogP contribution >= 0.6 is 11.6 Å². The Balaban J connectivity index is 2.52. The zero-order valence-corrected chi connectivity index (χ0v) is 11.6. The normalized spacial score (nSPS) is 12.5. The van der Waals surface area contributed by atoms with Gasteiger partial charge >= 0.3 is 0 Å². The van der Waals surface area contributed by atoms with Crippen molar-refractivity contribution in [2.24, 2.45) is 5.84 Å². The lowest BCUT2D eigenvalue weighted by Crippen LogP contribution is -2.30. The largest absolute Gasteiger partial charge is 0.271 e. The summed E-state index contributed by atoms with van der Waals surface area (Å²) in [6, 6.07) is 10.0. The number of halogens is 2. The summed E-state index contributed by atoms with van der Waals surface area (Å²) < 4.78 is 13.9.